The van der Waals surface area contributed by atoms with Crippen molar-refractivity contribution in [2.45, 2.75) is 11.4 Å². The number of hydrogen-bond acceptors (Lipinski definition) is 5. The lowest BCUT2D eigenvalue weighted by Crippen LogP contribution is -2.26. The van der Waals surface area contributed by atoms with Crippen molar-refractivity contribution < 1.29 is 13.2 Å². The summed E-state index contributed by atoms with van der Waals surface area (Å²) in [5, 5.41) is 0. The number of hydrogen-bond donors (Lipinski definition) is 1. The van der Waals surface area contributed by atoms with Gasteiger partial charge in [-0.05, 0) is 18.2 Å². The van der Waals surface area contributed by atoms with Crippen LogP contribution < -0.4 is 10.5 Å². The van der Waals surface area contributed by atoms with E-state index in [0.717, 1.165) is 5.56 Å². The number of sulfonamides is 1. The molecule has 0 spiro atoms. The first-order valence-electron chi connectivity index (χ1n) is 6.25. The first-order chi connectivity index (χ1) is 9.95. The molecule has 0 aliphatic carbocycles. The van der Waals surface area contributed by atoms with Gasteiger partial charge in [0.05, 0.1) is 7.11 Å². The maximum absolute atomic E-state index is 12.5. The lowest BCUT2D eigenvalue weighted by atomic mass is 10.2. The molecule has 21 heavy (non-hydrogen) atoms. The van der Waals surface area contributed by atoms with E-state index in [1.165, 1.54) is 29.7 Å². The van der Waals surface area contributed by atoms with Gasteiger partial charge in [-0.3, -0.25) is 0 Å². The monoisotopic (exact) mass is 307 g/mol. The number of methoxy groups -OCH3 is 1. The van der Waals surface area contributed by atoms with Gasteiger partial charge in [0.25, 0.3) is 0 Å². The number of rotatable bonds is 5. The third-order valence-corrected chi connectivity index (χ3v) is 4.84. The Balaban J connectivity index is 2.26. The Morgan fingerprint density at radius 3 is 2.57 bits per heavy atom. The maximum atomic E-state index is 12.5. The van der Waals surface area contributed by atoms with Gasteiger partial charge in [0.2, 0.25) is 10.0 Å². The molecule has 0 unspecified atom stereocenters. The Bertz CT molecular complexity index is 714. The molecular weight excluding hydrogens is 290 g/mol. The van der Waals surface area contributed by atoms with Gasteiger partial charge >= 0.3 is 0 Å². The summed E-state index contributed by atoms with van der Waals surface area (Å²) in [6, 6.07) is 10.2. The molecule has 7 heteroatoms. The average molecular weight is 307 g/mol. The number of nitrogens with zero attached hydrogens (tertiary/aromatic N) is 2. The second-order valence-electron chi connectivity index (χ2n) is 4.49. The molecule has 2 rings (SSSR count). The first kappa shape index (κ1) is 15.3. The Morgan fingerprint density at radius 1 is 1.24 bits per heavy atom. The molecule has 0 amide bonds. The summed E-state index contributed by atoms with van der Waals surface area (Å²) in [4.78, 5) is 3.92. The molecule has 0 aliphatic heterocycles. The highest BCUT2D eigenvalue weighted by atomic mass is 32.2. The predicted octanol–water partition coefficient (Wildman–Crippen LogP) is 1.49. The Hall–Kier alpha value is -2.12. The molecule has 1 aromatic carbocycles. The van der Waals surface area contributed by atoms with Crippen LogP contribution in [-0.4, -0.2) is 31.9 Å². The van der Waals surface area contributed by atoms with Crippen LogP contribution in [0.4, 0.5) is 5.82 Å². The Kier molecular flexibility index (Phi) is 4.44. The molecule has 2 N–H and O–H groups in total. The van der Waals surface area contributed by atoms with Crippen molar-refractivity contribution in [1.29, 1.82) is 0 Å². The van der Waals surface area contributed by atoms with Gasteiger partial charge in [-0.15, -0.1) is 0 Å². The average Bonchev–Trinajstić information content (AvgIpc) is 2.48. The number of para-hydroxylation sites is 1. The fourth-order valence-electron chi connectivity index (χ4n) is 1.88. The zero-order valence-corrected chi connectivity index (χ0v) is 12.7. The molecule has 0 radical (unpaired) electrons. The van der Waals surface area contributed by atoms with Crippen LogP contribution in [0.25, 0.3) is 0 Å². The minimum Gasteiger partial charge on any atom is -0.496 e. The molecule has 1 heterocycles. The van der Waals surface area contributed by atoms with Crippen molar-refractivity contribution in [2.24, 2.45) is 0 Å². The number of anilines is 1. The number of nitrogen functional groups attached to an aromatic ring is 1. The third-order valence-electron chi connectivity index (χ3n) is 3.05. The summed E-state index contributed by atoms with van der Waals surface area (Å²) in [5.41, 5.74) is 6.26. The topological polar surface area (TPSA) is 85.5 Å². The largest absolute Gasteiger partial charge is 0.496 e. The van der Waals surface area contributed by atoms with E-state index in [1.807, 2.05) is 18.2 Å². The number of ether oxygens (including phenoxy) is 1. The van der Waals surface area contributed by atoms with Crippen LogP contribution in [0.15, 0.2) is 47.5 Å². The highest BCUT2D eigenvalue weighted by molar-refractivity contribution is 7.89. The van der Waals surface area contributed by atoms with E-state index < -0.39 is 10.0 Å². The van der Waals surface area contributed by atoms with Gasteiger partial charge in [0, 0.05) is 25.4 Å². The fraction of sp³-hybridized carbons (Fsp3) is 0.214. The van der Waals surface area contributed by atoms with Gasteiger partial charge in [-0.1, -0.05) is 18.2 Å². The summed E-state index contributed by atoms with van der Waals surface area (Å²) in [6.45, 7) is 0.205. The number of pyridine rings is 1. The molecule has 1 aromatic heterocycles. The molecule has 0 fully saturated rings. The molecule has 0 saturated heterocycles. The van der Waals surface area contributed by atoms with Crippen LogP contribution in [0.1, 0.15) is 5.56 Å². The van der Waals surface area contributed by atoms with Crippen molar-refractivity contribution in [3.8, 4) is 5.75 Å². The minimum absolute atomic E-state index is 0.106. The van der Waals surface area contributed by atoms with Crippen molar-refractivity contribution in [3.05, 3.63) is 48.2 Å². The Labute approximate surface area is 124 Å². The van der Waals surface area contributed by atoms with Crippen molar-refractivity contribution in [3.63, 3.8) is 0 Å². The third kappa shape index (κ3) is 3.32. The van der Waals surface area contributed by atoms with Gasteiger partial charge in [-0.25, -0.2) is 13.4 Å². The van der Waals surface area contributed by atoms with E-state index in [-0.39, 0.29) is 17.3 Å². The van der Waals surface area contributed by atoms with Crippen LogP contribution in [0.3, 0.4) is 0 Å². The summed E-state index contributed by atoms with van der Waals surface area (Å²) < 4.78 is 31.4. The van der Waals surface area contributed by atoms with Gasteiger partial charge < -0.3 is 10.5 Å². The quantitative estimate of drug-likeness (QED) is 0.904. The maximum Gasteiger partial charge on any atom is 0.244 e. The molecule has 0 bridgehead atoms. The van der Waals surface area contributed by atoms with Crippen LogP contribution in [0, 0.1) is 0 Å². The Morgan fingerprint density at radius 2 is 1.95 bits per heavy atom. The molecule has 0 aliphatic rings. The second kappa shape index (κ2) is 6.11. The zero-order chi connectivity index (χ0) is 15.5. The van der Waals surface area contributed by atoms with E-state index in [0.29, 0.717) is 5.75 Å². The number of benzene rings is 1. The fourth-order valence-corrected chi connectivity index (χ4v) is 2.98. The second-order valence-corrected chi connectivity index (χ2v) is 6.54. The summed E-state index contributed by atoms with van der Waals surface area (Å²) in [6.07, 6.45) is 1.25. The van der Waals surface area contributed by atoms with E-state index in [2.05, 4.69) is 4.98 Å². The molecular formula is C14H17N3O3S. The molecule has 0 atom stereocenters. The lowest BCUT2D eigenvalue weighted by molar-refractivity contribution is 0.398. The van der Waals surface area contributed by atoms with Gasteiger partial charge in [0.15, 0.2) is 0 Å². The standard InChI is InChI=1S/C14H17N3O3S/c1-17(10-11-5-3-4-6-13(11)20-2)21(18,19)12-7-8-14(15)16-9-12/h3-9H,10H2,1-2H3,(H2,15,16). The van der Waals surface area contributed by atoms with Crippen LogP contribution >= 0.6 is 0 Å². The zero-order valence-electron chi connectivity index (χ0n) is 11.9. The van der Waals surface area contributed by atoms with E-state index in [1.54, 1.807) is 13.2 Å². The van der Waals surface area contributed by atoms with Crippen molar-refractivity contribution >= 4 is 15.8 Å². The molecule has 0 saturated carbocycles. The summed E-state index contributed by atoms with van der Waals surface area (Å²) in [7, 11) is -0.554. The summed E-state index contributed by atoms with van der Waals surface area (Å²) >= 11 is 0. The minimum atomic E-state index is -3.62. The van der Waals surface area contributed by atoms with E-state index >= 15 is 0 Å². The number of nitrogens with two attached hydrogens (primary N) is 1. The lowest BCUT2D eigenvalue weighted by Gasteiger charge is -2.18. The van der Waals surface area contributed by atoms with Gasteiger partial charge in [-0.2, -0.15) is 4.31 Å². The van der Waals surface area contributed by atoms with E-state index in [4.69, 9.17) is 10.5 Å². The van der Waals surface area contributed by atoms with E-state index in [9.17, 15) is 8.42 Å². The van der Waals surface area contributed by atoms with Crippen LogP contribution in [-0.2, 0) is 16.6 Å². The SMILES string of the molecule is COc1ccccc1CN(C)S(=O)(=O)c1ccc(N)nc1. The van der Waals surface area contributed by atoms with Gasteiger partial charge in [0.1, 0.15) is 16.5 Å². The smallest absolute Gasteiger partial charge is 0.244 e. The summed E-state index contributed by atoms with van der Waals surface area (Å²) in [5.74, 6) is 0.927. The normalized spacial score (nSPS) is 11.6. The molecule has 112 valence electrons. The van der Waals surface area contributed by atoms with Crippen LogP contribution in [0.5, 0.6) is 5.75 Å². The first-order valence-corrected chi connectivity index (χ1v) is 7.69. The van der Waals surface area contributed by atoms with Crippen molar-refractivity contribution in [1.82, 2.24) is 9.29 Å². The van der Waals surface area contributed by atoms with Crippen LogP contribution in [0.2, 0.25) is 0 Å². The highest BCUT2D eigenvalue weighted by Gasteiger charge is 2.22. The molecule has 2 aromatic rings. The number of aromatic nitrogens is 1. The molecule has 6 nitrogen and oxygen atoms in total. The highest BCUT2D eigenvalue weighted by Crippen LogP contribution is 2.22. The predicted molar refractivity (Wildman–Crippen MR) is 80.3 cm³/mol. The van der Waals surface area contributed by atoms with Crippen molar-refractivity contribution in [2.75, 3.05) is 19.9 Å².